The van der Waals surface area contributed by atoms with Crippen LogP contribution in [0.5, 0.6) is 0 Å². The van der Waals surface area contributed by atoms with Crippen molar-refractivity contribution in [2.75, 3.05) is 5.32 Å². The number of nitrogens with one attached hydrogen (secondary N) is 2. The molecule has 3 nitrogen and oxygen atoms in total. The van der Waals surface area contributed by atoms with Crippen LogP contribution in [0.4, 0.5) is 10.5 Å². The predicted molar refractivity (Wildman–Crippen MR) is 81.3 cm³/mol. The zero-order valence-electron chi connectivity index (χ0n) is 12.7. The molecule has 104 valence electrons. The predicted octanol–water partition coefficient (Wildman–Crippen LogP) is 4.37. The lowest BCUT2D eigenvalue weighted by atomic mass is 9.88. The van der Waals surface area contributed by atoms with E-state index in [4.69, 9.17) is 0 Å². The molecular formula is C16H24N2O. The molecule has 2 N–H and O–H groups in total. The number of carbonyl (C=O) groups is 1. The van der Waals surface area contributed by atoms with Gasteiger partial charge in [0, 0.05) is 11.9 Å². The number of hydrogen-bond acceptors (Lipinski definition) is 1. The minimum absolute atomic E-state index is 0.0620. The number of allylic oxidation sites excluding steroid dienone is 1. The summed E-state index contributed by atoms with van der Waals surface area (Å²) in [7, 11) is 0. The lowest BCUT2D eigenvalue weighted by Crippen LogP contribution is -2.25. The van der Waals surface area contributed by atoms with Gasteiger partial charge in [-0.2, -0.15) is 0 Å². The lowest BCUT2D eigenvalue weighted by molar-refractivity contribution is 0.255. The van der Waals surface area contributed by atoms with Crippen LogP contribution in [0.3, 0.4) is 0 Å². The highest BCUT2D eigenvalue weighted by Crippen LogP contribution is 2.23. The summed E-state index contributed by atoms with van der Waals surface area (Å²) >= 11 is 0. The van der Waals surface area contributed by atoms with Gasteiger partial charge in [0.2, 0.25) is 0 Å². The third-order valence-electron chi connectivity index (χ3n) is 3.46. The average molecular weight is 260 g/mol. The van der Waals surface area contributed by atoms with Crippen molar-refractivity contribution in [1.29, 1.82) is 0 Å². The monoisotopic (exact) mass is 260 g/mol. The van der Waals surface area contributed by atoms with E-state index in [0.29, 0.717) is 0 Å². The Balaban J connectivity index is 2.69. The summed E-state index contributed by atoms with van der Waals surface area (Å²) in [6.45, 7) is 12.4. The summed E-state index contributed by atoms with van der Waals surface area (Å²) in [5.74, 6) is 0. The summed E-state index contributed by atoms with van der Waals surface area (Å²) in [4.78, 5) is 11.8. The van der Waals surface area contributed by atoms with Gasteiger partial charge in [-0.25, -0.2) is 4.79 Å². The van der Waals surface area contributed by atoms with Crippen molar-refractivity contribution in [3.8, 4) is 0 Å². The highest BCUT2D eigenvalue weighted by atomic mass is 16.2. The van der Waals surface area contributed by atoms with Crippen LogP contribution in [0.25, 0.3) is 0 Å². The van der Waals surface area contributed by atoms with E-state index in [1.807, 2.05) is 39.0 Å². The first-order valence-corrected chi connectivity index (χ1v) is 6.53. The van der Waals surface area contributed by atoms with Crippen LogP contribution in [0, 0.1) is 19.3 Å². The third-order valence-corrected chi connectivity index (χ3v) is 3.46. The summed E-state index contributed by atoms with van der Waals surface area (Å²) < 4.78 is 0. The molecule has 1 rings (SSSR count). The van der Waals surface area contributed by atoms with E-state index in [0.717, 1.165) is 16.8 Å². The smallest absolute Gasteiger partial charge is 0.314 e. The van der Waals surface area contributed by atoms with Crippen molar-refractivity contribution in [3.05, 3.63) is 41.1 Å². The second kappa shape index (κ2) is 5.91. The Morgan fingerprint density at radius 1 is 1.21 bits per heavy atom. The van der Waals surface area contributed by atoms with Crippen molar-refractivity contribution in [2.24, 2.45) is 5.41 Å². The van der Waals surface area contributed by atoms with E-state index in [2.05, 4.69) is 31.4 Å². The highest BCUT2D eigenvalue weighted by molar-refractivity contribution is 5.90. The fourth-order valence-electron chi connectivity index (χ4n) is 1.44. The van der Waals surface area contributed by atoms with Gasteiger partial charge in [-0.15, -0.1) is 0 Å². The van der Waals surface area contributed by atoms with E-state index in [-0.39, 0.29) is 11.4 Å². The fraction of sp³-hybridized carbons (Fsp3) is 0.438. The maximum Gasteiger partial charge on any atom is 0.323 e. The van der Waals surface area contributed by atoms with Crippen molar-refractivity contribution in [3.63, 3.8) is 0 Å². The van der Waals surface area contributed by atoms with Gasteiger partial charge in [0.25, 0.3) is 0 Å². The number of urea groups is 1. The van der Waals surface area contributed by atoms with Crippen molar-refractivity contribution >= 4 is 11.7 Å². The standard InChI is InChI=1S/C16H24N2O/c1-11-8-7-9-14(13(11)3)18-15(19)17-10-12(2)16(4,5)6/h7-10H,1-6H3,(H2,17,18,19)/b12-10+. The number of amides is 2. The molecule has 1 aromatic carbocycles. The number of aryl methyl sites for hydroxylation is 1. The molecule has 3 heteroatoms. The maximum absolute atomic E-state index is 11.8. The average Bonchev–Trinajstić information content (AvgIpc) is 2.30. The van der Waals surface area contributed by atoms with Crippen molar-refractivity contribution in [1.82, 2.24) is 5.32 Å². The molecule has 1 aromatic rings. The van der Waals surface area contributed by atoms with E-state index in [1.165, 1.54) is 5.56 Å². The maximum atomic E-state index is 11.8. The number of rotatable bonds is 2. The summed E-state index contributed by atoms with van der Waals surface area (Å²) in [6.07, 6.45) is 1.76. The molecule has 0 radical (unpaired) electrons. The van der Waals surface area contributed by atoms with E-state index in [1.54, 1.807) is 6.20 Å². The molecule has 0 aliphatic heterocycles. The van der Waals surface area contributed by atoms with E-state index < -0.39 is 0 Å². The molecule has 19 heavy (non-hydrogen) atoms. The zero-order chi connectivity index (χ0) is 14.6. The van der Waals surface area contributed by atoms with Crippen LogP contribution in [0.2, 0.25) is 0 Å². The van der Waals surface area contributed by atoms with Crippen LogP contribution >= 0.6 is 0 Å². The van der Waals surface area contributed by atoms with Gasteiger partial charge >= 0.3 is 6.03 Å². The Hall–Kier alpha value is -1.77. The largest absolute Gasteiger partial charge is 0.323 e. The topological polar surface area (TPSA) is 41.1 Å². The number of hydrogen-bond donors (Lipinski definition) is 2. The third kappa shape index (κ3) is 4.43. The Bertz CT molecular complexity index is 496. The Labute approximate surface area is 116 Å². The molecule has 0 atom stereocenters. The van der Waals surface area contributed by atoms with Crippen LogP contribution in [0.15, 0.2) is 30.0 Å². The van der Waals surface area contributed by atoms with Crippen LogP contribution in [-0.4, -0.2) is 6.03 Å². The van der Waals surface area contributed by atoms with Gasteiger partial charge in [0.1, 0.15) is 0 Å². The number of anilines is 1. The van der Waals surface area contributed by atoms with Gasteiger partial charge in [-0.1, -0.05) is 38.5 Å². The summed E-state index contributed by atoms with van der Waals surface area (Å²) in [6, 6.07) is 5.66. The van der Waals surface area contributed by atoms with Gasteiger partial charge in [0.15, 0.2) is 0 Å². The molecule has 0 saturated heterocycles. The van der Waals surface area contributed by atoms with E-state index in [9.17, 15) is 4.79 Å². The van der Waals surface area contributed by atoms with Gasteiger partial charge in [-0.05, 0) is 43.4 Å². The molecule has 0 aliphatic rings. The molecular weight excluding hydrogens is 236 g/mol. The highest BCUT2D eigenvalue weighted by Gasteiger charge is 2.12. The SMILES string of the molecule is C/C(=C\NC(=O)Nc1cccc(C)c1C)C(C)(C)C. The second-order valence-electron chi connectivity index (χ2n) is 5.92. The summed E-state index contributed by atoms with van der Waals surface area (Å²) in [5, 5.41) is 5.64. The first-order chi connectivity index (χ1) is 8.71. The van der Waals surface area contributed by atoms with Gasteiger partial charge in [0.05, 0.1) is 0 Å². The number of carbonyl (C=O) groups excluding carboxylic acids is 1. The van der Waals surface area contributed by atoms with Crippen molar-refractivity contribution < 1.29 is 4.79 Å². The van der Waals surface area contributed by atoms with Crippen LogP contribution < -0.4 is 10.6 Å². The molecule has 0 aromatic heterocycles. The zero-order valence-corrected chi connectivity index (χ0v) is 12.7. The quantitative estimate of drug-likeness (QED) is 0.814. The Morgan fingerprint density at radius 3 is 2.42 bits per heavy atom. The Kier molecular flexibility index (Phi) is 4.76. The number of benzene rings is 1. The fourth-order valence-corrected chi connectivity index (χ4v) is 1.44. The molecule has 0 fully saturated rings. The summed E-state index contributed by atoms with van der Waals surface area (Å²) in [5.41, 5.74) is 4.29. The minimum atomic E-state index is -0.211. The molecule has 0 saturated carbocycles. The first kappa shape index (κ1) is 15.3. The molecule has 0 heterocycles. The lowest BCUT2D eigenvalue weighted by Gasteiger charge is -2.19. The van der Waals surface area contributed by atoms with Crippen LogP contribution in [-0.2, 0) is 0 Å². The molecule has 0 bridgehead atoms. The Morgan fingerprint density at radius 2 is 1.84 bits per heavy atom. The molecule has 2 amide bonds. The van der Waals surface area contributed by atoms with E-state index >= 15 is 0 Å². The second-order valence-corrected chi connectivity index (χ2v) is 5.92. The first-order valence-electron chi connectivity index (χ1n) is 6.53. The molecule has 0 unspecified atom stereocenters. The van der Waals surface area contributed by atoms with Gasteiger partial charge in [-0.3, -0.25) is 0 Å². The minimum Gasteiger partial charge on any atom is -0.314 e. The molecule has 0 spiro atoms. The molecule has 0 aliphatic carbocycles. The van der Waals surface area contributed by atoms with Crippen molar-refractivity contribution in [2.45, 2.75) is 41.5 Å². The normalized spacial score (nSPS) is 12.2. The van der Waals surface area contributed by atoms with Crippen LogP contribution in [0.1, 0.15) is 38.8 Å². The van der Waals surface area contributed by atoms with Gasteiger partial charge < -0.3 is 10.6 Å².